The van der Waals surface area contributed by atoms with E-state index in [4.69, 9.17) is 4.52 Å². The summed E-state index contributed by atoms with van der Waals surface area (Å²) in [6.07, 6.45) is 0.927. The average Bonchev–Trinajstić information content (AvgIpc) is 3.01. The first-order chi connectivity index (χ1) is 11.2. The first kappa shape index (κ1) is 15.0. The van der Waals surface area contributed by atoms with Gasteiger partial charge in [0.1, 0.15) is 0 Å². The monoisotopic (exact) mass is 307 g/mol. The Hall–Kier alpha value is -2.95. The molecule has 0 aliphatic heterocycles. The lowest BCUT2D eigenvalue weighted by Crippen LogP contribution is -2.12. The van der Waals surface area contributed by atoms with Crippen LogP contribution in [0.1, 0.15) is 28.7 Å². The number of aryl methyl sites for hydroxylation is 2. The van der Waals surface area contributed by atoms with Gasteiger partial charge >= 0.3 is 0 Å². The Morgan fingerprint density at radius 1 is 1.17 bits per heavy atom. The van der Waals surface area contributed by atoms with Crippen LogP contribution >= 0.6 is 0 Å². The molecular formula is C18H17N3O2. The number of nitrogens with zero attached hydrogens (tertiary/aromatic N) is 2. The molecule has 0 fully saturated rings. The number of benzene rings is 2. The van der Waals surface area contributed by atoms with E-state index in [0.29, 0.717) is 17.3 Å². The highest BCUT2D eigenvalue weighted by Gasteiger charge is 2.11. The van der Waals surface area contributed by atoms with Crippen LogP contribution in [0.3, 0.4) is 0 Å². The van der Waals surface area contributed by atoms with Crippen LogP contribution in [0.4, 0.5) is 5.69 Å². The molecule has 1 heterocycles. The van der Waals surface area contributed by atoms with E-state index in [-0.39, 0.29) is 5.91 Å². The summed E-state index contributed by atoms with van der Waals surface area (Å²) in [6.45, 7) is 3.81. The van der Waals surface area contributed by atoms with Gasteiger partial charge in [-0.1, -0.05) is 36.3 Å². The van der Waals surface area contributed by atoms with Crippen molar-refractivity contribution in [3.05, 3.63) is 65.5 Å². The van der Waals surface area contributed by atoms with Crippen molar-refractivity contribution in [3.63, 3.8) is 0 Å². The largest absolute Gasteiger partial charge is 0.339 e. The van der Waals surface area contributed by atoms with E-state index in [1.54, 1.807) is 25.1 Å². The second-order valence-corrected chi connectivity index (χ2v) is 5.23. The second-order valence-electron chi connectivity index (χ2n) is 5.23. The topological polar surface area (TPSA) is 68.0 Å². The number of aromatic nitrogens is 2. The molecule has 1 amide bonds. The lowest BCUT2D eigenvalue weighted by Gasteiger charge is -2.07. The summed E-state index contributed by atoms with van der Waals surface area (Å²) < 4.78 is 4.98. The third kappa shape index (κ3) is 3.45. The Morgan fingerprint density at radius 3 is 2.74 bits per heavy atom. The number of hydrogen-bond acceptors (Lipinski definition) is 4. The van der Waals surface area contributed by atoms with Crippen LogP contribution < -0.4 is 5.32 Å². The Balaban J connectivity index is 1.82. The number of nitrogens with one attached hydrogen (secondary N) is 1. The smallest absolute Gasteiger partial charge is 0.255 e. The summed E-state index contributed by atoms with van der Waals surface area (Å²) in [6, 6.07) is 15.0. The second kappa shape index (κ2) is 6.44. The lowest BCUT2D eigenvalue weighted by molar-refractivity contribution is 0.102. The summed E-state index contributed by atoms with van der Waals surface area (Å²) in [5.74, 6) is 0.802. The van der Waals surface area contributed by atoms with Gasteiger partial charge < -0.3 is 9.84 Å². The minimum Gasteiger partial charge on any atom is -0.339 e. The predicted molar refractivity (Wildman–Crippen MR) is 88.2 cm³/mol. The van der Waals surface area contributed by atoms with Gasteiger partial charge in [-0.3, -0.25) is 4.79 Å². The molecule has 0 unspecified atom stereocenters. The SMILES string of the molecule is CCc1cccc(NC(=O)c2cccc(-c3noc(C)n3)c2)c1. The molecule has 0 bridgehead atoms. The number of rotatable bonds is 4. The van der Waals surface area contributed by atoms with E-state index in [0.717, 1.165) is 17.7 Å². The molecule has 0 aliphatic carbocycles. The van der Waals surface area contributed by atoms with Crippen molar-refractivity contribution < 1.29 is 9.32 Å². The maximum absolute atomic E-state index is 12.4. The van der Waals surface area contributed by atoms with E-state index in [1.807, 2.05) is 30.3 Å². The molecule has 1 aromatic heterocycles. The van der Waals surface area contributed by atoms with Crippen LogP contribution in [0.15, 0.2) is 53.1 Å². The van der Waals surface area contributed by atoms with Crippen LogP contribution in [0, 0.1) is 6.92 Å². The first-order valence-corrected chi connectivity index (χ1v) is 7.47. The summed E-state index contributed by atoms with van der Waals surface area (Å²) in [5.41, 5.74) is 3.26. The highest BCUT2D eigenvalue weighted by molar-refractivity contribution is 6.04. The fourth-order valence-electron chi connectivity index (χ4n) is 2.29. The fourth-order valence-corrected chi connectivity index (χ4v) is 2.29. The number of anilines is 1. The van der Waals surface area contributed by atoms with Crippen LogP contribution in [-0.4, -0.2) is 16.0 Å². The van der Waals surface area contributed by atoms with Gasteiger partial charge in [-0.2, -0.15) is 4.98 Å². The van der Waals surface area contributed by atoms with E-state index in [1.165, 1.54) is 5.56 Å². The molecular weight excluding hydrogens is 290 g/mol. The maximum Gasteiger partial charge on any atom is 0.255 e. The molecule has 2 aromatic carbocycles. The molecule has 116 valence electrons. The molecule has 0 atom stereocenters. The predicted octanol–water partition coefficient (Wildman–Crippen LogP) is 3.86. The normalized spacial score (nSPS) is 10.5. The number of carbonyl (C=O) groups is 1. The van der Waals surface area contributed by atoms with Crippen molar-refractivity contribution in [1.82, 2.24) is 10.1 Å². The fraction of sp³-hybridized carbons (Fsp3) is 0.167. The molecule has 0 aliphatic rings. The van der Waals surface area contributed by atoms with E-state index in [9.17, 15) is 4.79 Å². The van der Waals surface area contributed by atoms with Crippen molar-refractivity contribution >= 4 is 11.6 Å². The molecule has 5 heteroatoms. The summed E-state index contributed by atoms with van der Waals surface area (Å²) in [5, 5.41) is 6.79. The van der Waals surface area contributed by atoms with E-state index >= 15 is 0 Å². The first-order valence-electron chi connectivity index (χ1n) is 7.47. The van der Waals surface area contributed by atoms with E-state index < -0.39 is 0 Å². The Labute approximate surface area is 134 Å². The quantitative estimate of drug-likeness (QED) is 0.794. The van der Waals surface area contributed by atoms with Gasteiger partial charge in [-0.15, -0.1) is 0 Å². The molecule has 0 radical (unpaired) electrons. The zero-order valence-corrected chi connectivity index (χ0v) is 13.0. The number of carbonyl (C=O) groups excluding carboxylic acids is 1. The molecule has 3 rings (SSSR count). The Kier molecular flexibility index (Phi) is 4.19. The van der Waals surface area contributed by atoms with Gasteiger partial charge in [0.15, 0.2) is 0 Å². The highest BCUT2D eigenvalue weighted by atomic mass is 16.5. The summed E-state index contributed by atoms with van der Waals surface area (Å²) in [7, 11) is 0. The van der Waals surface area contributed by atoms with Crippen LogP contribution in [-0.2, 0) is 6.42 Å². The van der Waals surface area contributed by atoms with Crippen LogP contribution in [0.25, 0.3) is 11.4 Å². The van der Waals surface area contributed by atoms with Crippen LogP contribution in [0.5, 0.6) is 0 Å². The van der Waals surface area contributed by atoms with Crippen LogP contribution in [0.2, 0.25) is 0 Å². The highest BCUT2D eigenvalue weighted by Crippen LogP contribution is 2.18. The zero-order chi connectivity index (χ0) is 16.2. The molecule has 1 N–H and O–H groups in total. The third-order valence-corrected chi connectivity index (χ3v) is 3.50. The zero-order valence-electron chi connectivity index (χ0n) is 13.0. The lowest BCUT2D eigenvalue weighted by atomic mass is 10.1. The molecule has 23 heavy (non-hydrogen) atoms. The van der Waals surface area contributed by atoms with Crippen molar-refractivity contribution in [2.24, 2.45) is 0 Å². The van der Waals surface area contributed by atoms with Crippen molar-refractivity contribution in [3.8, 4) is 11.4 Å². The van der Waals surface area contributed by atoms with Gasteiger partial charge in [0.2, 0.25) is 11.7 Å². The Bertz CT molecular complexity index is 840. The van der Waals surface area contributed by atoms with Gasteiger partial charge in [0.25, 0.3) is 5.91 Å². The van der Waals surface area contributed by atoms with Crippen molar-refractivity contribution in [2.45, 2.75) is 20.3 Å². The molecule has 0 spiro atoms. The molecule has 3 aromatic rings. The van der Waals surface area contributed by atoms with Gasteiger partial charge in [-0.25, -0.2) is 0 Å². The van der Waals surface area contributed by atoms with Crippen molar-refractivity contribution in [1.29, 1.82) is 0 Å². The van der Waals surface area contributed by atoms with E-state index in [2.05, 4.69) is 22.4 Å². The third-order valence-electron chi connectivity index (χ3n) is 3.50. The Morgan fingerprint density at radius 2 is 2.00 bits per heavy atom. The maximum atomic E-state index is 12.4. The molecule has 0 saturated heterocycles. The summed E-state index contributed by atoms with van der Waals surface area (Å²) >= 11 is 0. The minimum absolute atomic E-state index is 0.166. The number of hydrogen-bond donors (Lipinski definition) is 1. The standard InChI is InChI=1S/C18H17N3O2/c1-3-13-6-4-9-16(10-13)20-18(22)15-8-5-7-14(11-15)17-19-12(2)23-21-17/h4-11H,3H2,1-2H3,(H,20,22). The number of amides is 1. The van der Waals surface area contributed by atoms with Gasteiger partial charge in [0.05, 0.1) is 0 Å². The summed E-state index contributed by atoms with van der Waals surface area (Å²) in [4.78, 5) is 16.6. The minimum atomic E-state index is -0.166. The average molecular weight is 307 g/mol. The van der Waals surface area contributed by atoms with Gasteiger partial charge in [0, 0.05) is 23.7 Å². The van der Waals surface area contributed by atoms with Crippen molar-refractivity contribution in [2.75, 3.05) is 5.32 Å². The molecule has 0 saturated carbocycles. The van der Waals surface area contributed by atoms with Gasteiger partial charge in [-0.05, 0) is 36.2 Å². The molecule has 5 nitrogen and oxygen atoms in total.